The summed E-state index contributed by atoms with van der Waals surface area (Å²) in [4.78, 5) is 6.06. The Morgan fingerprint density at radius 3 is 2.61 bits per heavy atom. The van der Waals surface area contributed by atoms with Crippen LogP contribution >= 0.6 is 0 Å². The fraction of sp³-hybridized carbons (Fsp3) is 0.462. The zero-order chi connectivity index (χ0) is 21.6. The number of fused-ring (bicyclic) bond motifs is 3. The van der Waals surface area contributed by atoms with Crippen LogP contribution in [0.15, 0.2) is 42.5 Å². The first-order valence-corrected chi connectivity index (χ1v) is 11.7. The normalized spacial score (nSPS) is 18.9. The standard InChI is InChI=1S/C24H29N3O2.C2H6/c1-17-2-7-22-21(16-17)20-8-9-25-23(24(20)26-22)18-3-5-19(6-4-18)29-15-12-27-10-13-28-14-11-27;1-2/h2-7,16,23,25-26H,8-15H2,1H3;1-2H3. The highest BCUT2D eigenvalue weighted by molar-refractivity contribution is 5.86. The molecule has 0 bridgehead atoms. The fourth-order valence-electron chi connectivity index (χ4n) is 4.50. The Balaban J connectivity index is 0.00000112. The molecule has 2 aromatic carbocycles. The van der Waals surface area contributed by atoms with E-state index < -0.39 is 0 Å². The van der Waals surface area contributed by atoms with Gasteiger partial charge in [-0.2, -0.15) is 0 Å². The van der Waals surface area contributed by atoms with Gasteiger partial charge < -0.3 is 19.8 Å². The van der Waals surface area contributed by atoms with Crippen molar-refractivity contribution in [2.75, 3.05) is 46.0 Å². The second-order valence-electron chi connectivity index (χ2n) is 8.07. The highest BCUT2D eigenvalue weighted by Gasteiger charge is 2.25. The molecule has 5 heteroatoms. The minimum atomic E-state index is 0.203. The van der Waals surface area contributed by atoms with Gasteiger partial charge in [-0.3, -0.25) is 4.90 Å². The first kappa shape index (κ1) is 21.9. The first-order valence-electron chi connectivity index (χ1n) is 11.7. The monoisotopic (exact) mass is 421 g/mol. The highest BCUT2D eigenvalue weighted by atomic mass is 16.5. The molecule has 3 heterocycles. The van der Waals surface area contributed by atoms with E-state index in [1.807, 2.05) is 13.8 Å². The SMILES string of the molecule is CC.Cc1ccc2[nH]c3c(c2c1)CCNC3c1ccc(OCCN2CCOCC2)cc1. The Labute approximate surface area is 185 Å². The molecular formula is C26H35N3O2. The van der Waals surface area contributed by atoms with Crippen LogP contribution in [-0.4, -0.2) is 55.9 Å². The summed E-state index contributed by atoms with van der Waals surface area (Å²) in [5.74, 6) is 0.935. The Kier molecular flexibility index (Phi) is 7.28. The number of nitrogens with zero attached hydrogens (tertiary/aromatic N) is 1. The maximum atomic E-state index is 5.97. The van der Waals surface area contributed by atoms with Crippen molar-refractivity contribution < 1.29 is 9.47 Å². The van der Waals surface area contributed by atoms with Gasteiger partial charge in [0.15, 0.2) is 0 Å². The molecule has 1 saturated heterocycles. The van der Waals surface area contributed by atoms with E-state index in [4.69, 9.17) is 9.47 Å². The summed E-state index contributed by atoms with van der Waals surface area (Å²) in [6.07, 6.45) is 1.07. The molecule has 2 aliphatic heterocycles. The van der Waals surface area contributed by atoms with Crippen LogP contribution in [0.1, 0.15) is 42.3 Å². The summed E-state index contributed by atoms with van der Waals surface area (Å²) in [7, 11) is 0. The smallest absolute Gasteiger partial charge is 0.119 e. The van der Waals surface area contributed by atoms with Crippen LogP contribution in [0, 0.1) is 6.92 Å². The van der Waals surface area contributed by atoms with Crippen LogP contribution in [0.2, 0.25) is 0 Å². The molecule has 31 heavy (non-hydrogen) atoms. The Bertz CT molecular complexity index is 974. The topological polar surface area (TPSA) is 49.5 Å². The maximum Gasteiger partial charge on any atom is 0.119 e. The number of aryl methyl sites for hydroxylation is 1. The molecule has 1 aromatic heterocycles. The van der Waals surface area contributed by atoms with Crippen LogP contribution < -0.4 is 10.1 Å². The van der Waals surface area contributed by atoms with Gasteiger partial charge in [0.05, 0.1) is 19.3 Å². The highest BCUT2D eigenvalue weighted by Crippen LogP contribution is 2.34. The average molecular weight is 422 g/mol. The number of H-pyrrole nitrogens is 1. The van der Waals surface area contributed by atoms with E-state index in [1.54, 1.807) is 0 Å². The molecule has 166 valence electrons. The second-order valence-corrected chi connectivity index (χ2v) is 8.07. The number of rotatable bonds is 5. The van der Waals surface area contributed by atoms with E-state index in [-0.39, 0.29) is 6.04 Å². The molecule has 0 amide bonds. The molecular weight excluding hydrogens is 386 g/mol. The van der Waals surface area contributed by atoms with Crippen LogP contribution in [0.25, 0.3) is 10.9 Å². The molecule has 5 nitrogen and oxygen atoms in total. The van der Waals surface area contributed by atoms with Gasteiger partial charge in [0, 0.05) is 42.8 Å². The number of hydrogen-bond donors (Lipinski definition) is 2. The van der Waals surface area contributed by atoms with Gasteiger partial charge in [0.1, 0.15) is 12.4 Å². The molecule has 1 atom stereocenters. The van der Waals surface area contributed by atoms with Gasteiger partial charge in [-0.1, -0.05) is 37.6 Å². The molecule has 5 rings (SSSR count). The minimum Gasteiger partial charge on any atom is -0.492 e. The Hall–Kier alpha value is -2.34. The molecule has 0 radical (unpaired) electrons. The zero-order valence-electron chi connectivity index (χ0n) is 19.0. The number of hydrogen-bond acceptors (Lipinski definition) is 4. The van der Waals surface area contributed by atoms with Gasteiger partial charge in [-0.05, 0) is 48.7 Å². The van der Waals surface area contributed by atoms with Crippen molar-refractivity contribution in [3.05, 3.63) is 64.8 Å². The van der Waals surface area contributed by atoms with Crippen molar-refractivity contribution in [1.82, 2.24) is 15.2 Å². The summed E-state index contributed by atoms with van der Waals surface area (Å²) in [5.41, 5.74) is 6.58. The van der Waals surface area contributed by atoms with E-state index in [0.717, 1.165) is 51.6 Å². The number of nitrogens with one attached hydrogen (secondary N) is 2. The third-order valence-corrected chi connectivity index (χ3v) is 6.10. The predicted molar refractivity (Wildman–Crippen MR) is 127 cm³/mol. The number of aromatic nitrogens is 1. The van der Waals surface area contributed by atoms with Crippen LogP contribution in [0.3, 0.4) is 0 Å². The van der Waals surface area contributed by atoms with Gasteiger partial charge in [-0.15, -0.1) is 0 Å². The summed E-state index contributed by atoms with van der Waals surface area (Å²) in [6.45, 7) is 12.5. The number of aromatic amines is 1. The van der Waals surface area contributed by atoms with Gasteiger partial charge in [-0.25, -0.2) is 0 Å². The lowest BCUT2D eigenvalue weighted by Gasteiger charge is -2.26. The van der Waals surface area contributed by atoms with Crippen LogP contribution in [0.4, 0.5) is 0 Å². The third-order valence-electron chi connectivity index (χ3n) is 6.10. The van der Waals surface area contributed by atoms with Crippen molar-refractivity contribution in [2.45, 2.75) is 33.2 Å². The lowest BCUT2D eigenvalue weighted by Crippen LogP contribution is -2.38. The second kappa shape index (κ2) is 10.3. The minimum absolute atomic E-state index is 0.203. The number of ether oxygens (including phenoxy) is 2. The number of morpholine rings is 1. The molecule has 1 unspecified atom stereocenters. The van der Waals surface area contributed by atoms with E-state index in [0.29, 0.717) is 6.61 Å². The van der Waals surface area contributed by atoms with Crippen molar-refractivity contribution in [1.29, 1.82) is 0 Å². The van der Waals surface area contributed by atoms with Crippen LogP contribution in [-0.2, 0) is 11.2 Å². The fourth-order valence-corrected chi connectivity index (χ4v) is 4.50. The average Bonchev–Trinajstić information content (AvgIpc) is 3.20. The summed E-state index contributed by atoms with van der Waals surface area (Å²) in [5, 5.41) is 5.05. The lowest BCUT2D eigenvalue weighted by molar-refractivity contribution is 0.0322. The van der Waals surface area contributed by atoms with E-state index in [9.17, 15) is 0 Å². The summed E-state index contributed by atoms with van der Waals surface area (Å²) in [6, 6.07) is 15.4. The molecule has 2 N–H and O–H groups in total. The summed E-state index contributed by atoms with van der Waals surface area (Å²) < 4.78 is 11.4. The van der Waals surface area contributed by atoms with Crippen LogP contribution in [0.5, 0.6) is 5.75 Å². The molecule has 1 fully saturated rings. The molecule has 3 aromatic rings. The van der Waals surface area contributed by atoms with E-state index in [1.165, 1.54) is 33.3 Å². The van der Waals surface area contributed by atoms with E-state index >= 15 is 0 Å². The largest absolute Gasteiger partial charge is 0.492 e. The summed E-state index contributed by atoms with van der Waals surface area (Å²) >= 11 is 0. The van der Waals surface area contributed by atoms with Gasteiger partial charge in [0.2, 0.25) is 0 Å². The molecule has 0 spiro atoms. The molecule has 2 aliphatic rings. The third kappa shape index (κ3) is 4.95. The van der Waals surface area contributed by atoms with Crippen molar-refractivity contribution in [3.8, 4) is 5.75 Å². The van der Waals surface area contributed by atoms with Crippen molar-refractivity contribution in [3.63, 3.8) is 0 Å². The van der Waals surface area contributed by atoms with Crippen molar-refractivity contribution in [2.24, 2.45) is 0 Å². The quantitative estimate of drug-likeness (QED) is 0.639. The Morgan fingerprint density at radius 1 is 1.06 bits per heavy atom. The van der Waals surface area contributed by atoms with E-state index in [2.05, 4.69) is 64.6 Å². The zero-order valence-corrected chi connectivity index (χ0v) is 19.0. The molecule has 0 aliphatic carbocycles. The number of benzene rings is 2. The molecule has 0 saturated carbocycles. The van der Waals surface area contributed by atoms with Crippen molar-refractivity contribution >= 4 is 10.9 Å². The maximum absolute atomic E-state index is 5.97. The first-order chi connectivity index (χ1) is 15.3. The lowest BCUT2D eigenvalue weighted by atomic mass is 9.94. The van der Waals surface area contributed by atoms with Gasteiger partial charge >= 0.3 is 0 Å². The van der Waals surface area contributed by atoms with Gasteiger partial charge in [0.25, 0.3) is 0 Å². The predicted octanol–water partition coefficient (Wildman–Crippen LogP) is 4.45. The Morgan fingerprint density at radius 2 is 1.84 bits per heavy atom.